The monoisotopic (exact) mass is 1150 g/mol. The zero-order valence-corrected chi connectivity index (χ0v) is 45.1. The number of hydrogen-bond acceptors (Lipinski definition) is 17. The maximum atomic E-state index is 17.4. The molecule has 10 heterocycles. The third kappa shape index (κ3) is 8.73. The number of ether oxygens (including phenoxy) is 4. The number of alkyl halides is 1. The van der Waals surface area contributed by atoms with Gasteiger partial charge in [0.15, 0.2) is 5.82 Å². The fourth-order valence-corrected chi connectivity index (χ4v) is 13.3. The van der Waals surface area contributed by atoms with Crippen molar-refractivity contribution in [3.8, 4) is 46.7 Å². The first-order chi connectivity index (χ1) is 40.4. The molecule has 4 saturated heterocycles. The van der Waals surface area contributed by atoms with Crippen molar-refractivity contribution in [2.24, 2.45) is 0 Å². The number of piperazine rings is 1. The predicted octanol–water partition coefficient (Wildman–Crippen LogP) is 6.59. The SMILES string of the molecule is C#Cc1c(F)ccc2cc(O)cc(-c3ncc4c(N5CC6CCC(C5)N6C(=O)C(=C)COC(=O)NCC(=O)O[C@]5(CC)C(=O)OCc6c5cc5n(c6=O)Cc6cc7cc(N)c(F)cc7nc6-5)nc(OC[C@@]56CCCN5C[C@H](F)C6)nc4c3F)c12. The van der Waals surface area contributed by atoms with Gasteiger partial charge in [0.25, 0.3) is 11.5 Å². The Labute approximate surface area is 475 Å². The van der Waals surface area contributed by atoms with Crippen LogP contribution in [0.3, 0.4) is 0 Å². The minimum absolute atomic E-state index is 0.0190. The number of amides is 2. The van der Waals surface area contributed by atoms with E-state index in [0.717, 1.165) is 12.5 Å². The van der Waals surface area contributed by atoms with Crippen molar-refractivity contribution in [2.45, 2.75) is 88.0 Å². The summed E-state index contributed by atoms with van der Waals surface area (Å²) in [4.78, 5) is 92.5. The molecule has 84 heavy (non-hydrogen) atoms. The van der Waals surface area contributed by atoms with Crippen LogP contribution >= 0.6 is 0 Å². The number of hydrogen-bond donors (Lipinski definition) is 3. The summed E-state index contributed by atoms with van der Waals surface area (Å²) in [6.07, 6.45) is 7.70. The van der Waals surface area contributed by atoms with Gasteiger partial charge in [-0.25, -0.2) is 32.1 Å². The number of carbonyl (C=O) groups is 4. The number of phenols is 1. The minimum atomic E-state index is -2.10. The second-order valence-electron chi connectivity index (χ2n) is 22.2. The summed E-state index contributed by atoms with van der Waals surface area (Å²) in [5, 5.41) is 14.3. The molecule has 0 aliphatic carbocycles. The Hall–Kier alpha value is -9.37. The number of anilines is 2. The topological polar surface area (TPSA) is 247 Å². The molecular formula is C60H52F4N10O10. The van der Waals surface area contributed by atoms with E-state index in [1.807, 2.05) is 4.90 Å². The normalized spacial score (nSPS) is 22.1. The molecule has 24 heteroatoms. The predicted molar refractivity (Wildman–Crippen MR) is 295 cm³/mol. The minimum Gasteiger partial charge on any atom is -0.508 e. The maximum Gasteiger partial charge on any atom is 0.407 e. The summed E-state index contributed by atoms with van der Waals surface area (Å²) in [5.74, 6) is -2.52. The quantitative estimate of drug-likeness (QED) is 0.0291. The van der Waals surface area contributed by atoms with Crippen molar-refractivity contribution < 1.29 is 60.8 Å². The molecule has 7 aromatic rings. The number of aromatic hydroxyl groups is 1. The van der Waals surface area contributed by atoms with E-state index in [1.165, 1.54) is 47.2 Å². The molecular weight excluding hydrogens is 1100 g/mol. The number of aromatic nitrogens is 5. The molecule has 6 aliphatic rings. The molecule has 2 amide bonds. The van der Waals surface area contributed by atoms with Crippen LogP contribution in [-0.4, -0.2) is 133 Å². The molecule has 4 N–H and O–H groups in total. The van der Waals surface area contributed by atoms with Crippen molar-refractivity contribution in [1.82, 2.24) is 39.6 Å². The van der Waals surface area contributed by atoms with Gasteiger partial charge in [0, 0.05) is 71.4 Å². The number of nitrogens with one attached hydrogen (secondary N) is 1. The smallest absolute Gasteiger partial charge is 0.407 e. The maximum absolute atomic E-state index is 17.4. The second kappa shape index (κ2) is 20.2. The molecule has 6 aliphatic heterocycles. The van der Waals surface area contributed by atoms with Gasteiger partial charge in [-0.2, -0.15) is 9.97 Å². The van der Waals surface area contributed by atoms with Gasteiger partial charge in [-0.15, -0.1) is 6.42 Å². The van der Waals surface area contributed by atoms with Crippen LogP contribution in [0, 0.1) is 29.8 Å². The molecule has 4 fully saturated rings. The lowest BCUT2D eigenvalue weighted by atomic mass is 9.85. The summed E-state index contributed by atoms with van der Waals surface area (Å²) >= 11 is 0. The summed E-state index contributed by atoms with van der Waals surface area (Å²) < 4.78 is 86.2. The van der Waals surface area contributed by atoms with Gasteiger partial charge in [-0.1, -0.05) is 25.5 Å². The number of carbonyl (C=O) groups excluding carboxylic acids is 4. The highest BCUT2D eigenvalue weighted by Crippen LogP contribution is 2.45. The zero-order chi connectivity index (χ0) is 58.7. The Balaban J connectivity index is 0.698. The molecule has 3 aromatic carbocycles. The molecule has 4 aromatic heterocycles. The van der Waals surface area contributed by atoms with E-state index >= 15 is 8.78 Å². The van der Waals surface area contributed by atoms with Crippen LogP contribution in [0.4, 0.5) is 33.9 Å². The van der Waals surface area contributed by atoms with Gasteiger partial charge in [0.2, 0.25) is 5.60 Å². The van der Waals surface area contributed by atoms with Gasteiger partial charge in [-0.3, -0.25) is 24.3 Å². The average Bonchev–Trinajstić information content (AvgIpc) is 1.78. The van der Waals surface area contributed by atoms with E-state index < -0.39 is 96.1 Å². The number of fused-ring (bicyclic) bond motifs is 10. The van der Waals surface area contributed by atoms with Crippen LogP contribution in [0.25, 0.3) is 55.2 Å². The van der Waals surface area contributed by atoms with Gasteiger partial charge in [0.05, 0.1) is 63.3 Å². The Bertz CT molecular complexity index is 4160. The van der Waals surface area contributed by atoms with Crippen molar-refractivity contribution >= 4 is 68.0 Å². The Morgan fingerprint density at radius 2 is 1.80 bits per heavy atom. The van der Waals surface area contributed by atoms with E-state index in [-0.39, 0.29) is 124 Å². The molecule has 430 valence electrons. The van der Waals surface area contributed by atoms with Crippen molar-refractivity contribution in [3.05, 3.63) is 117 Å². The summed E-state index contributed by atoms with van der Waals surface area (Å²) in [5.41, 5.74) is 3.57. The highest BCUT2D eigenvalue weighted by atomic mass is 19.1. The second-order valence-corrected chi connectivity index (χ2v) is 22.2. The first kappa shape index (κ1) is 53.9. The molecule has 0 spiro atoms. The van der Waals surface area contributed by atoms with Crippen molar-refractivity contribution in [2.75, 3.05) is 56.6 Å². The number of terminal acetylenes is 1. The highest BCUT2D eigenvalue weighted by Gasteiger charge is 2.52. The van der Waals surface area contributed by atoms with E-state index in [0.29, 0.717) is 53.5 Å². The van der Waals surface area contributed by atoms with E-state index in [1.54, 1.807) is 17.9 Å². The lowest BCUT2D eigenvalue weighted by molar-refractivity contribution is -0.188. The summed E-state index contributed by atoms with van der Waals surface area (Å²) in [6, 6.07) is 10.1. The van der Waals surface area contributed by atoms with Crippen LogP contribution in [-0.2, 0) is 47.3 Å². The molecule has 13 rings (SSSR count). The number of pyridine rings is 3. The molecule has 2 unspecified atom stereocenters. The number of phenolic OH excluding ortho intramolecular Hbond substituents is 1. The first-order valence-electron chi connectivity index (χ1n) is 27.4. The van der Waals surface area contributed by atoms with Crippen LogP contribution in [0.2, 0.25) is 0 Å². The standard InChI is InChI=1S/C60H52F4N10O10/c1-4-37-42(62)10-7-30-14-36(75)16-38(48(30)37)51-49(64)52-39(20-66-51)53(70-57(69-52)83-28-59-11-6-12-72(59)23-33(61)19-59)71-24-34-8-9-35(25-71)74(34)54(77)29(3)26-82-58(80)67-21-47(76)84-60(5-2)41-17-46-50-32(13-31-15-44(65)43(63)18-45(31)68-50)22-73(46)55(78)40(41)27-81-56(60)79/h1,7,10,13-18,20,33-35,75H,3,5-6,8-9,11-12,19,21-28,65H2,2H3,(H,67,80)/t33-,34?,35?,59+,60+/m1/s1. The highest BCUT2D eigenvalue weighted by molar-refractivity contribution is 6.03. The van der Waals surface area contributed by atoms with E-state index in [9.17, 15) is 37.9 Å². The number of esters is 2. The van der Waals surface area contributed by atoms with Crippen LogP contribution < -0.4 is 26.2 Å². The number of nitrogens with zero attached hydrogens (tertiary/aromatic N) is 8. The Morgan fingerprint density at radius 3 is 2.57 bits per heavy atom. The van der Waals surface area contributed by atoms with Gasteiger partial charge in [-0.05, 0) is 80.4 Å². The third-order valence-corrected chi connectivity index (χ3v) is 17.3. The summed E-state index contributed by atoms with van der Waals surface area (Å²) in [6.45, 7) is 5.22. The fraction of sp³-hybridized carbons (Fsp3) is 0.350. The molecule has 2 bridgehead atoms. The number of cyclic esters (lactones) is 1. The van der Waals surface area contributed by atoms with E-state index in [4.69, 9.17) is 36.1 Å². The molecule has 0 saturated carbocycles. The number of halogens is 4. The molecule has 0 radical (unpaired) electrons. The first-order valence-corrected chi connectivity index (χ1v) is 27.4. The van der Waals surface area contributed by atoms with Crippen molar-refractivity contribution in [3.63, 3.8) is 0 Å². The van der Waals surface area contributed by atoms with Gasteiger partial charge in [0.1, 0.15) is 66.9 Å². The largest absolute Gasteiger partial charge is 0.508 e. The average molecular weight is 1150 g/mol. The van der Waals surface area contributed by atoms with Crippen molar-refractivity contribution in [1.29, 1.82) is 0 Å². The lowest BCUT2D eigenvalue weighted by Gasteiger charge is -2.42. The lowest BCUT2D eigenvalue weighted by Crippen LogP contribution is -2.56. The molecule has 5 atom stereocenters. The van der Waals surface area contributed by atoms with Gasteiger partial charge < -0.3 is 49.5 Å². The third-order valence-electron chi connectivity index (χ3n) is 17.3. The number of nitrogens with two attached hydrogens (primary N) is 1. The number of alkyl carbamates (subject to hydrolysis) is 1. The Morgan fingerprint density at radius 1 is 1.00 bits per heavy atom. The van der Waals surface area contributed by atoms with Crippen LogP contribution in [0.15, 0.2) is 71.7 Å². The van der Waals surface area contributed by atoms with Crippen LogP contribution in [0.5, 0.6) is 11.8 Å². The zero-order valence-electron chi connectivity index (χ0n) is 45.1. The van der Waals surface area contributed by atoms with Gasteiger partial charge >= 0.3 is 24.0 Å². The van der Waals surface area contributed by atoms with Crippen LogP contribution in [0.1, 0.15) is 67.7 Å². The number of rotatable bonds is 12. The number of nitrogen functional groups attached to an aromatic ring is 1. The van der Waals surface area contributed by atoms with E-state index in [2.05, 4.69) is 37.7 Å². The Kier molecular flexibility index (Phi) is 13.0. The molecule has 20 nitrogen and oxygen atoms in total. The summed E-state index contributed by atoms with van der Waals surface area (Å²) in [7, 11) is 0. The number of benzene rings is 3. The fourth-order valence-electron chi connectivity index (χ4n) is 13.3.